The molecular weight excluding hydrogens is 304 g/mol. The Morgan fingerprint density at radius 1 is 1.21 bits per heavy atom. The Morgan fingerprint density at radius 3 is 2.79 bits per heavy atom. The first-order chi connectivity index (χ1) is 11.8. The van der Waals surface area contributed by atoms with Gasteiger partial charge in [-0.05, 0) is 24.0 Å². The molecule has 1 saturated heterocycles. The van der Waals surface area contributed by atoms with Crippen molar-refractivity contribution in [1.29, 1.82) is 5.26 Å². The van der Waals surface area contributed by atoms with E-state index in [1.165, 1.54) is 6.20 Å². The molecular formula is C18H20N4O2. The Balaban J connectivity index is 1.51. The summed E-state index contributed by atoms with van der Waals surface area (Å²) in [5.74, 6) is 0.651. The fourth-order valence-corrected chi connectivity index (χ4v) is 2.56. The lowest BCUT2D eigenvalue weighted by molar-refractivity contribution is -0.0390. The number of nitriles is 1. The summed E-state index contributed by atoms with van der Waals surface area (Å²) in [5.41, 5.74) is 2.62. The van der Waals surface area contributed by atoms with Crippen LogP contribution < -0.4 is 5.32 Å². The Kier molecular flexibility index (Phi) is 5.72. The van der Waals surface area contributed by atoms with Crippen molar-refractivity contribution in [2.45, 2.75) is 32.1 Å². The van der Waals surface area contributed by atoms with Gasteiger partial charge in [-0.2, -0.15) is 5.26 Å². The molecule has 2 heterocycles. The maximum atomic E-state index is 8.72. The summed E-state index contributed by atoms with van der Waals surface area (Å²) in [6.07, 6.45) is 5.27. The van der Waals surface area contributed by atoms with Gasteiger partial charge in [0.25, 0.3) is 0 Å². The van der Waals surface area contributed by atoms with Gasteiger partial charge < -0.3 is 14.8 Å². The normalized spacial score (nSPS) is 15.0. The van der Waals surface area contributed by atoms with E-state index in [1.807, 2.05) is 12.1 Å². The molecule has 0 bridgehead atoms. The van der Waals surface area contributed by atoms with E-state index in [0.29, 0.717) is 30.8 Å². The second-order valence-electron chi connectivity index (χ2n) is 5.69. The Bertz CT molecular complexity index is 691. The van der Waals surface area contributed by atoms with E-state index in [9.17, 15) is 0 Å². The Labute approximate surface area is 141 Å². The quantitative estimate of drug-likeness (QED) is 0.880. The van der Waals surface area contributed by atoms with Crippen molar-refractivity contribution in [2.75, 3.05) is 18.5 Å². The minimum atomic E-state index is 0.300. The number of hydrogen-bond donors (Lipinski definition) is 1. The topological polar surface area (TPSA) is 80.1 Å². The maximum Gasteiger partial charge on any atom is 0.158 e. The summed E-state index contributed by atoms with van der Waals surface area (Å²) in [4.78, 5) is 8.14. The van der Waals surface area contributed by atoms with E-state index in [4.69, 9.17) is 14.7 Å². The number of nitrogens with zero attached hydrogens (tertiary/aromatic N) is 3. The number of hydrogen-bond acceptors (Lipinski definition) is 6. The molecule has 2 aromatic rings. The monoisotopic (exact) mass is 324 g/mol. The molecule has 0 unspecified atom stereocenters. The summed E-state index contributed by atoms with van der Waals surface area (Å²) in [6.45, 7) is 2.85. The first-order valence-corrected chi connectivity index (χ1v) is 8.06. The number of benzene rings is 1. The molecule has 1 fully saturated rings. The van der Waals surface area contributed by atoms with Crippen LogP contribution in [0.5, 0.6) is 0 Å². The fourth-order valence-electron chi connectivity index (χ4n) is 2.56. The largest absolute Gasteiger partial charge is 0.381 e. The zero-order valence-corrected chi connectivity index (χ0v) is 13.4. The molecule has 0 atom stereocenters. The zero-order chi connectivity index (χ0) is 16.6. The SMILES string of the molecule is N#Cc1cnc(NCc2cccc(COC3CCOCC3)c2)cn1. The van der Waals surface area contributed by atoms with Crippen molar-refractivity contribution in [3.63, 3.8) is 0 Å². The highest BCUT2D eigenvalue weighted by atomic mass is 16.5. The van der Waals surface area contributed by atoms with E-state index < -0.39 is 0 Å². The molecule has 1 N–H and O–H groups in total. The minimum Gasteiger partial charge on any atom is -0.381 e. The predicted molar refractivity (Wildman–Crippen MR) is 89.1 cm³/mol. The van der Waals surface area contributed by atoms with Crippen molar-refractivity contribution in [3.8, 4) is 6.07 Å². The van der Waals surface area contributed by atoms with E-state index in [2.05, 4.69) is 33.5 Å². The number of anilines is 1. The van der Waals surface area contributed by atoms with Crippen LogP contribution in [0.3, 0.4) is 0 Å². The van der Waals surface area contributed by atoms with Crippen LogP contribution in [-0.4, -0.2) is 29.3 Å². The lowest BCUT2D eigenvalue weighted by Gasteiger charge is -2.22. The fraction of sp³-hybridized carbons (Fsp3) is 0.389. The molecule has 0 amide bonds. The van der Waals surface area contributed by atoms with Gasteiger partial charge in [-0.1, -0.05) is 24.3 Å². The van der Waals surface area contributed by atoms with Gasteiger partial charge in [-0.15, -0.1) is 0 Å². The van der Waals surface area contributed by atoms with Crippen LogP contribution >= 0.6 is 0 Å². The van der Waals surface area contributed by atoms with Gasteiger partial charge in [0, 0.05) is 19.8 Å². The van der Waals surface area contributed by atoms with E-state index in [1.54, 1.807) is 6.20 Å². The van der Waals surface area contributed by atoms with Gasteiger partial charge in [0.15, 0.2) is 5.69 Å². The van der Waals surface area contributed by atoms with E-state index >= 15 is 0 Å². The molecule has 0 aliphatic carbocycles. The van der Waals surface area contributed by atoms with Gasteiger partial charge in [-0.3, -0.25) is 0 Å². The highest BCUT2D eigenvalue weighted by Crippen LogP contribution is 2.15. The Hall–Kier alpha value is -2.49. The smallest absolute Gasteiger partial charge is 0.158 e. The lowest BCUT2D eigenvalue weighted by atomic mass is 10.1. The van der Waals surface area contributed by atoms with Gasteiger partial charge in [0.2, 0.25) is 0 Å². The van der Waals surface area contributed by atoms with Crippen molar-refractivity contribution >= 4 is 5.82 Å². The van der Waals surface area contributed by atoms with Crippen LogP contribution in [0, 0.1) is 11.3 Å². The average Bonchev–Trinajstić information content (AvgIpc) is 2.66. The van der Waals surface area contributed by atoms with Crippen molar-refractivity contribution in [2.24, 2.45) is 0 Å². The Morgan fingerprint density at radius 2 is 2.04 bits per heavy atom. The van der Waals surface area contributed by atoms with Crippen LogP contribution in [0.15, 0.2) is 36.7 Å². The zero-order valence-electron chi connectivity index (χ0n) is 13.4. The van der Waals surface area contributed by atoms with E-state index in [0.717, 1.165) is 37.2 Å². The maximum absolute atomic E-state index is 8.72. The summed E-state index contributed by atoms with van der Waals surface area (Å²) < 4.78 is 11.3. The molecule has 1 aliphatic heterocycles. The number of aromatic nitrogens is 2. The van der Waals surface area contributed by atoms with Crippen LogP contribution in [-0.2, 0) is 22.6 Å². The molecule has 6 heteroatoms. The third-order valence-corrected chi connectivity index (χ3v) is 3.89. The minimum absolute atomic E-state index is 0.300. The van der Waals surface area contributed by atoms with Gasteiger partial charge in [0.1, 0.15) is 11.9 Å². The van der Waals surface area contributed by atoms with Gasteiger partial charge in [0.05, 0.1) is 25.1 Å². The molecule has 124 valence electrons. The van der Waals surface area contributed by atoms with Crippen LogP contribution in [0.1, 0.15) is 29.7 Å². The molecule has 0 radical (unpaired) electrons. The summed E-state index contributed by atoms with van der Waals surface area (Å²) in [5, 5.41) is 11.9. The lowest BCUT2D eigenvalue weighted by Crippen LogP contribution is -2.23. The van der Waals surface area contributed by atoms with Crippen molar-refractivity contribution in [3.05, 3.63) is 53.5 Å². The number of ether oxygens (including phenoxy) is 2. The number of nitrogens with one attached hydrogen (secondary N) is 1. The summed E-state index contributed by atoms with van der Waals surface area (Å²) in [7, 11) is 0. The molecule has 0 saturated carbocycles. The summed E-state index contributed by atoms with van der Waals surface area (Å²) in [6, 6.07) is 10.2. The predicted octanol–water partition coefficient (Wildman–Crippen LogP) is 2.66. The highest BCUT2D eigenvalue weighted by Gasteiger charge is 2.13. The van der Waals surface area contributed by atoms with Crippen molar-refractivity contribution in [1.82, 2.24) is 9.97 Å². The molecule has 6 nitrogen and oxygen atoms in total. The highest BCUT2D eigenvalue weighted by molar-refractivity contribution is 5.35. The van der Waals surface area contributed by atoms with Crippen LogP contribution in [0.25, 0.3) is 0 Å². The molecule has 3 rings (SSSR count). The van der Waals surface area contributed by atoms with Crippen LogP contribution in [0.4, 0.5) is 5.82 Å². The van der Waals surface area contributed by atoms with E-state index in [-0.39, 0.29) is 0 Å². The molecule has 0 spiro atoms. The first-order valence-electron chi connectivity index (χ1n) is 8.06. The molecule has 24 heavy (non-hydrogen) atoms. The first kappa shape index (κ1) is 16.4. The third kappa shape index (κ3) is 4.75. The molecule has 1 aromatic heterocycles. The van der Waals surface area contributed by atoms with Gasteiger partial charge in [-0.25, -0.2) is 9.97 Å². The standard InChI is InChI=1S/C18H20N4O2/c19-9-16-11-22-18(12-20-16)21-10-14-2-1-3-15(8-14)13-24-17-4-6-23-7-5-17/h1-3,8,11-12,17H,4-7,10,13H2,(H,21,22). The number of rotatable bonds is 6. The van der Waals surface area contributed by atoms with Crippen LogP contribution in [0.2, 0.25) is 0 Å². The molecule has 1 aromatic carbocycles. The second kappa shape index (κ2) is 8.39. The third-order valence-electron chi connectivity index (χ3n) is 3.89. The second-order valence-corrected chi connectivity index (χ2v) is 5.69. The average molecular weight is 324 g/mol. The molecule has 1 aliphatic rings. The van der Waals surface area contributed by atoms with Gasteiger partial charge >= 0.3 is 0 Å². The van der Waals surface area contributed by atoms with Crippen molar-refractivity contribution < 1.29 is 9.47 Å². The summed E-state index contributed by atoms with van der Waals surface area (Å²) >= 11 is 0.